The summed E-state index contributed by atoms with van der Waals surface area (Å²) >= 11 is 0. The van der Waals surface area contributed by atoms with Crippen molar-refractivity contribution in [2.45, 2.75) is 81.0 Å². The fourth-order valence-corrected chi connectivity index (χ4v) is 5.26. The lowest BCUT2D eigenvalue weighted by molar-refractivity contribution is -0.344. The Hall–Kier alpha value is -3.20. The maximum atomic E-state index is 13.3. The van der Waals surface area contributed by atoms with Crippen molar-refractivity contribution in [2.75, 3.05) is 26.9 Å². The molecule has 17 nitrogen and oxygen atoms in total. The molecule has 0 amide bonds. The van der Waals surface area contributed by atoms with Crippen LogP contribution in [0.1, 0.15) is 12.5 Å². The van der Waals surface area contributed by atoms with Gasteiger partial charge in [-0.25, -0.2) is 4.79 Å². The van der Waals surface area contributed by atoms with E-state index in [1.54, 1.807) is 12.1 Å². The van der Waals surface area contributed by atoms with Gasteiger partial charge in [-0.2, -0.15) is 0 Å². The average Bonchev–Trinajstić information content (AvgIpc) is 3.07. The summed E-state index contributed by atoms with van der Waals surface area (Å²) in [5.41, 5.74) is 0.627. The van der Waals surface area contributed by atoms with Crippen molar-refractivity contribution in [3.8, 4) is 5.75 Å². The van der Waals surface area contributed by atoms with Gasteiger partial charge in [0.2, 0.25) is 6.29 Å². The van der Waals surface area contributed by atoms with E-state index in [1.165, 1.54) is 25.1 Å². The maximum Gasteiger partial charge on any atom is 0.338 e. The number of aliphatic hydroxyl groups is 7. The van der Waals surface area contributed by atoms with Crippen LogP contribution in [0.2, 0.25) is 0 Å². The summed E-state index contributed by atoms with van der Waals surface area (Å²) in [5, 5.41) is 80.9. The molecule has 0 aromatic heterocycles. The van der Waals surface area contributed by atoms with E-state index < -0.39 is 98.8 Å². The number of phenols is 1. The highest BCUT2D eigenvalue weighted by molar-refractivity contribution is 5.97. The summed E-state index contributed by atoms with van der Waals surface area (Å²) in [6, 6.07) is 6.28. The van der Waals surface area contributed by atoms with E-state index >= 15 is 0 Å². The van der Waals surface area contributed by atoms with Gasteiger partial charge in [-0.05, 0) is 24.6 Å². The van der Waals surface area contributed by atoms with Crippen LogP contribution in [0.15, 0.2) is 47.7 Å². The van der Waals surface area contributed by atoms with Crippen LogP contribution < -0.4 is 0 Å². The van der Waals surface area contributed by atoms with Gasteiger partial charge >= 0.3 is 11.9 Å². The summed E-state index contributed by atoms with van der Waals surface area (Å²) in [5.74, 6) is -3.03. The lowest BCUT2D eigenvalue weighted by Gasteiger charge is -2.43. The van der Waals surface area contributed by atoms with Crippen molar-refractivity contribution < 1.29 is 83.6 Å². The molecule has 2 saturated heterocycles. The molecule has 17 heteroatoms. The molecule has 0 radical (unpaired) electrons. The number of methoxy groups -OCH3 is 1. The number of carbonyl (C=O) groups is 2. The highest BCUT2D eigenvalue weighted by atomic mass is 16.8. The Kier molecular flexibility index (Phi) is 12.7. The third-order valence-corrected chi connectivity index (χ3v) is 8.00. The van der Waals surface area contributed by atoms with Crippen LogP contribution in [0.25, 0.3) is 0 Å². The van der Waals surface area contributed by atoms with Gasteiger partial charge in [0.1, 0.15) is 60.5 Å². The van der Waals surface area contributed by atoms with Crippen molar-refractivity contribution in [3.63, 3.8) is 0 Å². The largest absolute Gasteiger partial charge is 0.508 e. The maximum absolute atomic E-state index is 13.3. The Morgan fingerprint density at radius 2 is 1.49 bits per heavy atom. The molecule has 262 valence electrons. The molecule has 2 fully saturated rings. The van der Waals surface area contributed by atoms with E-state index in [1.807, 2.05) is 0 Å². The lowest BCUT2D eigenvalue weighted by atomic mass is 9.89. The van der Waals surface area contributed by atoms with Crippen molar-refractivity contribution in [2.24, 2.45) is 5.92 Å². The first-order valence-corrected chi connectivity index (χ1v) is 14.7. The minimum absolute atomic E-state index is 0.0630. The first kappa shape index (κ1) is 36.6. The van der Waals surface area contributed by atoms with Gasteiger partial charge < -0.3 is 74.0 Å². The average molecular weight is 673 g/mol. The van der Waals surface area contributed by atoms with Crippen LogP contribution in [-0.4, -0.2) is 147 Å². The zero-order valence-corrected chi connectivity index (χ0v) is 25.5. The smallest absolute Gasteiger partial charge is 0.338 e. The van der Waals surface area contributed by atoms with E-state index in [9.17, 15) is 50.4 Å². The highest BCUT2D eigenvalue weighted by Gasteiger charge is 2.49. The summed E-state index contributed by atoms with van der Waals surface area (Å²) in [6.45, 7) is 0.141. The molecule has 0 bridgehead atoms. The Labute approximate surface area is 268 Å². The minimum Gasteiger partial charge on any atom is -0.508 e. The van der Waals surface area contributed by atoms with Gasteiger partial charge in [-0.1, -0.05) is 18.2 Å². The second-order valence-electron chi connectivity index (χ2n) is 11.0. The molecule has 3 heterocycles. The van der Waals surface area contributed by atoms with E-state index in [0.717, 1.165) is 18.9 Å². The fraction of sp³-hybridized carbons (Fsp3) is 0.600. The van der Waals surface area contributed by atoms with Gasteiger partial charge in [0.25, 0.3) is 0 Å². The number of carbonyl (C=O) groups excluding carboxylic acids is 2. The summed E-state index contributed by atoms with van der Waals surface area (Å²) in [6.07, 6.45) is -15.4. The number of ether oxygens (including phenoxy) is 7. The molecule has 47 heavy (non-hydrogen) atoms. The molecule has 12 atom stereocenters. The number of benzene rings is 1. The molecule has 3 aliphatic heterocycles. The zero-order valence-electron chi connectivity index (χ0n) is 25.5. The summed E-state index contributed by atoms with van der Waals surface area (Å²) < 4.78 is 38.0. The van der Waals surface area contributed by atoms with Crippen LogP contribution >= 0.6 is 0 Å². The quantitative estimate of drug-likeness (QED) is 0.0865. The van der Waals surface area contributed by atoms with E-state index in [2.05, 4.69) is 0 Å². The van der Waals surface area contributed by atoms with Gasteiger partial charge in [-0.3, -0.25) is 4.79 Å². The van der Waals surface area contributed by atoms with Gasteiger partial charge in [0.15, 0.2) is 12.6 Å². The van der Waals surface area contributed by atoms with Crippen molar-refractivity contribution in [1.29, 1.82) is 0 Å². The van der Waals surface area contributed by atoms with Gasteiger partial charge in [-0.15, -0.1) is 0 Å². The molecule has 1 aromatic rings. The molecule has 3 aliphatic rings. The van der Waals surface area contributed by atoms with Crippen molar-refractivity contribution in [3.05, 3.63) is 53.3 Å². The molecule has 4 rings (SSSR count). The standard InChI is InChI=1S/C30H40O17/c1-3-15-19(27(40)42-9-8-13-4-6-14(32)7-5-13)16(26(39)41-2)11-43-28(15)47-30-25(38)23(36)21(34)18(46-30)12-44-29-24(37)22(35)20(33)17(10-31)45-29/h3-7,11,17-25,28-38H,8-10,12H2,1-2H3/b15-3+/t17-,18-,19+,20-,21-,22+,23+,24-,25-,28?,29-,30+/m1/s1. The van der Waals surface area contributed by atoms with Crippen LogP contribution in [0.4, 0.5) is 0 Å². The Morgan fingerprint density at radius 1 is 0.872 bits per heavy atom. The first-order chi connectivity index (χ1) is 22.4. The first-order valence-electron chi connectivity index (χ1n) is 14.7. The Balaban J connectivity index is 1.45. The molecule has 1 unspecified atom stereocenters. The predicted octanol–water partition coefficient (Wildman–Crippen LogP) is -2.91. The lowest BCUT2D eigenvalue weighted by Crippen LogP contribution is -2.62. The highest BCUT2D eigenvalue weighted by Crippen LogP contribution is 2.35. The SMILES string of the molecule is C/C=C1/C(O[C@@H]2O[C@H](CO[C@@H]3O[C@H](CO)[C@@H](O)[C@H](O)[C@H]3O)[C@@H](O)[C@H](O)[C@H]2O)OC=C(C(=O)OC)[C@H]1C(=O)OCCc1ccc(O)cc1. The molecule has 8 N–H and O–H groups in total. The Bertz CT molecular complexity index is 1270. The molecule has 0 saturated carbocycles. The van der Waals surface area contributed by atoms with E-state index in [-0.39, 0.29) is 23.5 Å². The van der Waals surface area contributed by atoms with Crippen LogP contribution in [0, 0.1) is 5.92 Å². The molecule has 0 spiro atoms. The molecule has 1 aromatic carbocycles. The normalized spacial score (nSPS) is 36.7. The topological polar surface area (TPSA) is 261 Å². The zero-order chi connectivity index (χ0) is 34.4. The number of esters is 2. The number of allylic oxidation sites excluding steroid dienone is 1. The monoisotopic (exact) mass is 672 g/mol. The van der Waals surface area contributed by atoms with Gasteiger partial charge in [0, 0.05) is 12.0 Å². The number of aliphatic hydroxyl groups excluding tert-OH is 7. The summed E-state index contributed by atoms with van der Waals surface area (Å²) in [4.78, 5) is 25.9. The second kappa shape index (κ2) is 16.3. The third kappa shape index (κ3) is 8.27. The number of phenolic OH excluding ortho intramolecular Hbond substituents is 1. The van der Waals surface area contributed by atoms with Crippen LogP contribution in [0.5, 0.6) is 5.75 Å². The number of rotatable bonds is 11. The van der Waals surface area contributed by atoms with Crippen LogP contribution in [0.3, 0.4) is 0 Å². The summed E-state index contributed by atoms with van der Waals surface area (Å²) in [7, 11) is 1.11. The molecular formula is C30H40O17. The number of aromatic hydroxyl groups is 1. The van der Waals surface area contributed by atoms with Crippen molar-refractivity contribution in [1.82, 2.24) is 0 Å². The number of hydrogen-bond donors (Lipinski definition) is 8. The van der Waals surface area contributed by atoms with Crippen LogP contribution in [-0.2, 0) is 49.2 Å². The Morgan fingerprint density at radius 3 is 2.11 bits per heavy atom. The molecular weight excluding hydrogens is 632 g/mol. The predicted molar refractivity (Wildman–Crippen MR) is 152 cm³/mol. The third-order valence-electron chi connectivity index (χ3n) is 8.00. The second-order valence-corrected chi connectivity index (χ2v) is 11.0. The van der Waals surface area contributed by atoms with Gasteiger partial charge in [0.05, 0.1) is 38.8 Å². The van der Waals surface area contributed by atoms with E-state index in [4.69, 9.17) is 33.2 Å². The minimum atomic E-state index is -1.85. The fourth-order valence-electron chi connectivity index (χ4n) is 5.26. The van der Waals surface area contributed by atoms with E-state index in [0.29, 0.717) is 6.42 Å². The number of hydrogen-bond acceptors (Lipinski definition) is 17. The van der Waals surface area contributed by atoms with Crippen molar-refractivity contribution >= 4 is 11.9 Å². The molecule has 0 aliphatic carbocycles.